The molecule has 30 heavy (non-hydrogen) atoms. The second kappa shape index (κ2) is 7.51. The predicted molar refractivity (Wildman–Crippen MR) is 120 cm³/mol. The molecule has 1 fully saturated rings. The second-order valence-corrected chi connectivity index (χ2v) is 8.16. The minimum Gasteiger partial charge on any atom is -0.398 e. The molecular weight excluding hydrogens is 398 g/mol. The molecule has 9 heteroatoms. The van der Waals surface area contributed by atoms with Crippen molar-refractivity contribution in [2.75, 3.05) is 42.7 Å². The summed E-state index contributed by atoms with van der Waals surface area (Å²) in [5.74, 6) is 1.41. The maximum Gasteiger partial charge on any atom is 0.222 e. The van der Waals surface area contributed by atoms with Crippen molar-refractivity contribution < 1.29 is 4.74 Å². The number of aliphatic imine (C=N–C) groups is 1. The van der Waals surface area contributed by atoms with Gasteiger partial charge in [-0.1, -0.05) is 23.9 Å². The van der Waals surface area contributed by atoms with Gasteiger partial charge in [0.15, 0.2) is 0 Å². The molecule has 152 valence electrons. The average Bonchev–Trinajstić information content (AvgIpc) is 2.89. The Labute approximate surface area is 178 Å². The molecule has 0 radical (unpaired) electrons. The number of aromatic nitrogens is 2. The van der Waals surface area contributed by atoms with E-state index >= 15 is 0 Å². The third kappa shape index (κ3) is 3.42. The first-order chi connectivity index (χ1) is 14.6. The molecule has 1 aromatic heterocycles. The van der Waals surface area contributed by atoms with Gasteiger partial charge in [0.2, 0.25) is 5.95 Å². The lowest BCUT2D eigenvalue weighted by Gasteiger charge is -2.28. The fourth-order valence-corrected chi connectivity index (χ4v) is 4.75. The molecule has 0 aliphatic carbocycles. The molecule has 0 amide bonds. The molecule has 3 heterocycles. The minimum atomic E-state index is 0.224. The molecule has 8 nitrogen and oxygen atoms in total. The van der Waals surface area contributed by atoms with E-state index in [1.807, 2.05) is 42.5 Å². The van der Waals surface area contributed by atoms with Gasteiger partial charge < -0.3 is 26.8 Å². The van der Waals surface area contributed by atoms with E-state index in [1.165, 1.54) is 0 Å². The number of nitrogens with two attached hydrogens (primary N) is 3. The fraction of sp³-hybridized carbons (Fsp3) is 0.190. The van der Waals surface area contributed by atoms with Crippen molar-refractivity contribution in [3.8, 4) is 11.3 Å². The molecule has 2 aromatic carbocycles. The minimum absolute atomic E-state index is 0.224. The lowest BCUT2D eigenvalue weighted by molar-refractivity contribution is 0.122. The van der Waals surface area contributed by atoms with Crippen molar-refractivity contribution in [3.05, 3.63) is 48.0 Å². The van der Waals surface area contributed by atoms with E-state index in [4.69, 9.17) is 21.9 Å². The molecule has 3 aromatic rings. The van der Waals surface area contributed by atoms with Gasteiger partial charge in [0, 0.05) is 40.2 Å². The van der Waals surface area contributed by atoms with E-state index in [-0.39, 0.29) is 5.95 Å². The average molecular weight is 420 g/mol. The first kappa shape index (κ1) is 18.7. The number of morpholine rings is 1. The van der Waals surface area contributed by atoms with Crippen molar-refractivity contribution in [2.45, 2.75) is 9.79 Å². The lowest BCUT2D eigenvalue weighted by atomic mass is 10.1. The Morgan fingerprint density at radius 1 is 0.933 bits per heavy atom. The lowest BCUT2D eigenvalue weighted by Crippen LogP contribution is -2.36. The molecule has 6 N–H and O–H groups in total. The Kier molecular flexibility index (Phi) is 4.68. The molecule has 0 saturated carbocycles. The third-order valence-corrected chi connectivity index (χ3v) is 6.18. The van der Waals surface area contributed by atoms with Gasteiger partial charge in [0.1, 0.15) is 11.7 Å². The molecule has 0 spiro atoms. The maximum absolute atomic E-state index is 6.42. The van der Waals surface area contributed by atoms with Crippen molar-refractivity contribution in [1.29, 1.82) is 0 Å². The van der Waals surface area contributed by atoms with E-state index in [0.29, 0.717) is 30.4 Å². The van der Waals surface area contributed by atoms with Crippen LogP contribution in [0.25, 0.3) is 11.3 Å². The van der Waals surface area contributed by atoms with Gasteiger partial charge >= 0.3 is 0 Å². The Morgan fingerprint density at radius 3 is 2.57 bits per heavy atom. The van der Waals surface area contributed by atoms with Crippen LogP contribution in [0.15, 0.2) is 57.2 Å². The highest BCUT2D eigenvalue weighted by Gasteiger charge is 2.21. The van der Waals surface area contributed by atoms with Crippen LogP contribution in [-0.2, 0) is 4.74 Å². The van der Waals surface area contributed by atoms with Gasteiger partial charge in [0.05, 0.1) is 30.2 Å². The third-order valence-electron chi connectivity index (χ3n) is 5.08. The Morgan fingerprint density at radius 2 is 1.73 bits per heavy atom. The van der Waals surface area contributed by atoms with Gasteiger partial charge in [-0.2, -0.15) is 4.98 Å². The fourth-order valence-electron chi connectivity index (χ4n) is 3.63. The smallest absolute Gasteiger partial charge is 0.222 e. The zero-order chi connectivity index (χ0) is 20.7. The van der Waals surface area contributed by atoms with Crippen molar-refractivity contribution in [1.82, 2.24) is 9.97 Å². The van der Waals surface area contributed by atoms with Crippen LogP contribution in [0.5, 0.6) is 0 Å². The van der Waals surface area contributed by atoms with Crippen LogP contribution in [0.3, 0.4) is 0 Å². The predicted octanol–water partition coefficient (Wildman–Crippen LogP) is 2.65. The van der Waals surface area contributed by atoms with E-state index in [0.717, 1.165) is 45.5 Å². The zero-order valence-electron chi connectivity index (χ0n) is 16.2. The summed E-state index contributed by atoms with van der Waals surface area (Å²) >= 11 is 1.59. The van der Waals surface area contributed by atoms with Crippen LogP contribution in [0.1, 0.15) is 5.56 Å². The summed E-state index contributed by atoms with van der Waals surface area (Å²) < 4.78 is 5.44. The van der Waals surface area contributed by atoms with E-state index < -0.39 is 0 Å². The summed E-state index contributed by atoms with van der Waals surface area (Å²) in [6.45, 7) is 2.86. The molecular formula is C21H21N7OS. The highest BCUT2D eigenvalue weighted by Crippen LogP contribution is 2.43. The number of ether oxygens (including phenoxy) is 1. The SMILES string of the molecule is NC1=Nc2ccccc2Sc2cc(-c3cc(N4CCOCC4)nc(N)n3)cc(N)c21. The number of rotatable bonds is 2. The molecule has 2 aliphatic heterocycles. The molecule has 0 atom stereocenters. The quantitative estimate of drug-likeness (QED) is 0.541. The Hall–Kier alpha value is -3.30. The number of benzene rings is 2. The number of fused-ring (bicyclic) bond motifs is 2. The van der Waals surface area contributed by atoms with E-state index in [1.54, 1.807) is 11.8 Å². The van der Waals surface area contributed by atoms with E-state index in [9.17, 15) is 0 Å². The highest BCUT2D eigenvalue weighted by molar-refractivity contribution is 7.99. The van der Waals surface area contributed by atoms with Gasteiger partial charge in [-0.3, -0.25) is 0 Å². The second-order valence-electron chi connectivity index (χ2n) is 7.07. The molecule has 5 rings (SSSR count). The zero-order valence-corrected chi connectivity index (χ0v) is 17.0. The molecule has 2 aliphatic rings. The normalized spacial score (nSPS) is 15.7. The number of anilines is 3. The number of amidine groups is 1. The van der Waals surface area contributed by atoms with Crippen LogP contribution in [-0.4, -0.2) is 42.1 Å². The van der Waals surface area contributed by atoms with Gasteiger partial charge in [-0.05, 0) is 24.3 Å². The maximum atomic E-state index is 6.42. The Bertz CT molecular complexity index is 1160. The highest BCUT2D eigenvalue weighted by atomic mass is 32.2. The standard InChI is InChI=1S/C21H21N7OS/c22-13-9-12(15-11-18(27-21(24)26-15)28-5-7-29-8-6-28)10-17-19(13)20(23)25-14-3-1-2-4-16(14)30-17/h1-4,9-11H,5-8,22H2,(H2,23,25)(H2,24,26,27). The summed E-state index contributed by atoms with van der Waals surface area (Å²) in [6.07, 6.45) is 0. The largest absolute Gasteiger partial charge is 0.398 e. The number of hydrogen-bond acceptors (Lipinski definition) is 9. The molecule has 1 saturated heterocycles. The van der Waals surface area contributed by atoms with Crippen LogP contribution < -0.4 is 22.1 Å². The number of nitrogen functional groups attached to an aromatic ring is 2. The Balaban J connectivity index is 1.60. The summed E-state index contributed by atoms with van der Waals surface area (Å²) in [5, 5.41) is 0. The van der Waals surface area contributed by atoms with Crippen molar-refractivity contribution in [3.63, 3.8) is 0 Å². The van der Waals surface area contributed by atoms with Crippen molar-refractivity contribution >= 4 is 40.7 Å². The number of para-hydroxylation sites is 1. The topological polar surface area (TPSA) is 129 Å². The summed E-state index contributed by atoms with van der Waals surface area (Å²) in [5.41, 5.74) is 22.4. The van der Waals surface area contributed by atoms with Crippen LogP contribution in [0, 0.1) is 0 Å². The first-order valence-corrected chi connectivity index (χ1v) is 10.4. The van der Waals surface area contributed by atoms with Crippen LogP contribution >= 0.6 is 11.8 Å². The summed E-state index contributed by atoms with van der Waals surface area (Å²) in [4.78, 5) is 17.5. The molecule has 0 bridgehead atoms. The van der Waals surface area contributed by atoms with Gasteiger partial charge in [0.25, 0.3) is 0 Å². The van der Waals surface area contributed by atoms with Crippen LogP contribution in [0.2, 0.25) is 0 Å². The van der Waals surface area contributed by atoms with E-state index in [2.05, 4.69) is 19.9 Å². The van der Waals surface area contributed by atoms with Crippen molar-refractivity contribution in [2.24, 2.45) is 10.7 Å². The van der Waals surface area contributed by atoms with Gasteiger partial charge in [-0.25, -0.2) is 9.98 Å². The summed E-state index contributed by atoms with van der Waals surface area (Å²) in [7, 11) is 0. The van der Waals surface area contributed by atoms with Gasteiger partial charge in [-0.15, -0.1) is 0 Å². The first-order valence-electron chi connectivity index (χ1n) is 9.61. The van der Waals surface area contributed by atoms with Crippen LogP contribution in [0.4, 0.5) is 23.1 Å². The number of nitrogens with zero attached hydrogens (tertiary/aromatic N) is 4. The number of hydrogen-bond donors (Lipinski definition) is 3. The summed E-state index contributed by atoms with van der Waals surface area (Å²) in [6, 6.07) is 13.7. The monoisotopic (exact) mass is 419 g/mol. The molecule has 0 unspecified atom stereocenters.